The van der Waals surface area contributed by atoms with Crippen LogP contribution in [-0.4, -0.2) is 37.3 Å². The Morgan fingerprint density at radius 3 is 1.52 bits per heavy atom. The highest BCUT2D eigenvalue weighted by molar-refractivity contribution is 7.80. The molecule has 0 aliphatic rings. The van der Waals surface area contributed by atoms with Crippen molar-refractivity contribution in [2.45, 2.75) is 89.6 Å². The first-order chi connectivity index (χ1) is 11.0. The van der Waals surface area contributed by atoms with E-state index in [1.54, 1.807) is 0 Å². The summed E-state index contributed by atoms with van der Waals surface area (Å²) in [6.45, 7) is 0.409. The maximum Gasteiger partial charge on any atom is 0.397 e. The van der Waals surface area contributed by atoms with Gasteiger partial charge in [0.15, 0.2) is 0 Å². The van der Waals surface area contributed by atoms with Crippen LogP contribution < -0.4 is 5.73 Å². The van der Waals surface area contributed by atoms with Crippen LogP contribution in [0.1, 0.15) is 83.5 Å². The first kappa shape index (κ1) is 22.8. The fourth-order valence-corrected chi connectivity index (χ4v) is 3.15. The van der Waals surface area contributed by atoms with Crippen LogP contribution in [0, 0.1) is 0 Å². The summed E-state index contributed by atoms with van der Waals surface area (Å²) in [6.07, 6.45) is 13.9. The molecule has 23 heavy (non-hydrogen) atoms. The van der Waals surface area contributed by atoms with Gasteiger partial charge >= 0.3 is 10.4 Å². The van der Waals surface area contributed by atoms with Crippen molar-refractivity contribution in [3.05, 3.63) is 0 Å². The zero-order valence-electron chi connectivity index (χ0n) is 14.3. The van der Waals surface area contributed by atoms with Gasteiger partial charge in [0.05, 0.1) is 6.10 Å². The molecule has 0 aliphatic heterocycles. The molecule has 0 aliphatic carbocycles. The van der Waals surface area contributed by atoms with Crippen molar-refractivity contribution < 1.29 is 22.3 Å². The van der Waals surface area contributed by atoms with Crippen LogP contribution in [0.4, 0.5) is 0 Å². The number of hydrogen-bond donors (Lipinski definition) is 3. The molecular formula is C16H35NO5S. The third kappa shape index (κ3) is 18.0. The van der Waals surface area contributed by atoms with Crippen LogP contribution in [0.25, 0.3) is 0 Å². The number of unbranched alkanes of at least 4 members (excludes halogenated alkanes) is 11. The van der Waals surface area contributed by atoms with Gasteiger partial charge in [0, 0.05) is 13.2 Å². The highest BCUT2D eigenvalue weighted by atomic mass is 32.3. The average molecular weight is 354 g/mol. The Morgan fingerprint density at radius 2 is 1.17 bits per heavy atom. The number of aliphatic hydroxyl groups is 1. The summed E-state index contributed by atoms with van der Waals surface area (Å²) in [4.78, 5) is 0. The molecule has 0 aromatic carbocycles. The van der Waals surface area contributed by atoms with Crippen molar-refractivity contribution in [2.24, 2.45) is 5.73 Å². The Hall–Kier alpha value is -0.210. The van der Waals surface area contributed by atoms with E-state index >= 15 is 0 Å². The number of rotatable bonds is 17. The summed E-state index contributed by atoms with van der Waals surface area (Å²) in [5.41, 5.74) is 5.41. The predicted octanol–water partition coefficient (Wildman–Crippen LogP) is 3.20. The average Bonchev–Trinajstić information content (AvgIpc) is 2.49. The van der Waals surface area contributed by atoms with E-state index in [1.807, 2.05) is 0 Å². The van der Waals surface area contributed by atoms with Crippen LogP contribution in [0.3, 0.4) is 0 Å². The van der Waals surface area contributed by atoms with Gasteiger partial charge in [-0.1, -0.05) is 70.6 Å². The van der Waals surface area contributed by atoms with Crippen LogP contribution in [0.15, 0.2) is 0 Å². The van der Waals surface area contributed by atoms with Gasteiger partial charge in [-0.2, -0.15) is 8.42 Å². The third-order valence-electron chi connectivity index (χ3n) is 3.95. The second kappa shape index (κ2) is 15.3. The molecular weight excluding hydrogens is 318 g/mol. The lowest BCUT2D eigenvalue weighted by Crippen LogP contribution is -2.26. The summed E-state index contributed by atoms with van der Waals surface area (Å²) in [5, 5.41) is 8.67. The molecule has 140 valence electrons. The first-order valence-electron chi connectivity index (χ1n) is 8.96. The molecule has 0 spiro atoms. The van der Waals surface area contributed by atoms with Crippen LogP contribution in [-0.2, 0) is 14.6 Å². The zero-order chi connectivity index (χ0) is 17.4. The molecule has 1 atom stereocenters. The molecule has 7 heteroatoms. The Labute approximate surface area is 141 Å². The Kier molecular flexibility index (Phi) is 15.2. The van der Waals surface area contributed by atoms with E-state index in [4.69, 9.17) is 15.4 Å². The van der Waals surface area contributed by atoms with E-state index in [2.05, 4.69) is 4.18 Å². The quantitative estimate of drug-likeness (QED) is 0.274. The summed E-state index contributed by atoms with van der Waals surface area (Å²) in [7, 11) is -4.40. The molecule has 1 unspecified atom stereocenters. The maximum atomic E-state index is 10.6. The molecule has 0 amide bonds. The summed E-state index contributed by atoms with van der Waals surface area (Å²) >= 11 is 0. The summed E-state index contributed by atoms with van der Waals surface area (Å²) in [5.74, 6) is 0. The molecule has 0 saturated carbocycles. The van der Waals surface area contributed by atoms with Crippen LogP contribution in [0.5, 0.6) is 0 Å². The minimum Gasteiger partial charge on any atom is -0.396 e. The minimum atomic E-state index is -4.40. The van der Waals surface area contributed by atoms with Gasteiger partial charge in [-0.05, 0) is 12.8 Å². The minimum absolute atomic E-state index is 0.0953. The monoisotopic (exact) mass is 353 g/mol. The van der Waals surface area contributed by atoms with Gasteiger partial charge in [0.1, 0.15) is 0 Å². The maximum absolute atomic E-state index is 10.6. The fraction of sp³-hybridized carbons (Fsp3) is 1.00. The molecule has 0 aromatic rings. The fourth-order valence-electron chi connectivity index (χ4n) is 2.63. The van der Waals surface area contributed by atoms with Crippen molar-refractivity contribution in [1.29, 1.82) is 0 Å². The highest BCUT2D eigenvalue weighted by Gasteiger charge is 2.14. The molecule has 0 aromatic heterocycles. The molecule has 0 saturated heterocycles. The van der Waals surface area contributed by atoms with Gasteiger partial charge < -0.3 is 10.8 Å². The van der Waals surface area contributed by atoms with E-state index in [-0.39, 0.29) is 6.54 Å². The van der Waals surface area contributed by atoms with E-state index < -0.39 is 16.5 Å². The van der Waals surface area contributed by atoms with Crippen molar-refractivity contribution >= 4 is 10.4 Å². The molecule has 6 nitrogen and oxygen atoms in total. The molecule has 0 bridgehead atoms. The Morgan fingerprint density at radius 1 is 0.783 bits per heavy atom. The van der Waals surface area contributed by atoms with Crippen LogP contribution in [0.2, 0.25) is 0 Å². The topological polar surface area (TPSA) is 110 Å². The van der Waals surface area contributed by atoms with Gasteiger partial charge in [-0.25, -0.2) is 4.18 Å². The third-order valence-corrected chi connectivity index (χ3v) is 4.47. The van der Waals surface area contributed by atoms with E-state index in [0.717, 1.165) is 32.1 Å². The number of nitrogens with two attached hydrogens (primary N) is 1. The highest BCUT2D eigenvalue weighted by Crippen LogP contribution is 2.14. The predicted molar refractivity (Wildman–Crippen MR) is 92.6 cm³/mol. The number of hydrogen-bond acceptors (Lipinski definition) is 5. The van der Waals surface area contributed by atoms with Crippen molar-refractivity contribution in [2.75, 3.05) is 13.2 Å². The van der Waals surface area contributed by atoms with E-state index in [9.17, 15) is 8.42 Å². The van der Waals surface area contributed by atoms with E-state index in [0.29, 0.717) is 13.0 Å². The number of aliphatic hydroxyl groups excluding tert-OH is 1. The molecule has 4 N–H and O–H groups in total. The summed E-state index contributed by atoms with van der Waals surface area (Å²) in [6, 6.07) is 0. The lowest BCUT2D eigenvalue weighted by Gasteiger charge is -2.12. The van der Waals surface area contributed by atoms with Gasteiger partial charge in [0.2, 0.25) is 0 Å². The summed E-state index contributed by atoms with van der Waals surface area (Å²) < 4.78 is 34.3. The van der Waals surface area contributed by atoms with E-state index in [1.165, 1.54) is 44.9 Å². The standard InChI is InChI=1S/C16H35NO5S/c17-15-16(22-23(19,20)21)13-11-9-7-5-3-1-2-4-6-8-10-12-14-18/h16,18H,1-15,17H2,(H,19,20,21). The van der Waals surface area contributed by atoms with Gasteiger partial charge in [-0.15, -0.1) is 0 Å². The lowest BCUT2D eigenvalue weighted by atomic mass is 10.0. The van der Waals surface area contributed by atoms with Crippen LogP contribution >= 0.6 is 0 Å². The van der Waals surface area contributed by atoms with Gasteiger partial charge in [0.25, 0.3) is 0 Å². The zero-order valence-corrected chi connectivity index (χ0v) is 15.1. The normalized spacial score (nSPS) is 13.3. The molecule has 0 fully saturated rings. The lowest BCUT2D eigenvalue weighted by molar-refractivity contribution is 0.176. The second-order valence-electron chi connectivity index (χ2n) is 6.14. The van der Waals surface area contributed by atoms with Crippen molar-refractivity contribution in [3.63, 3.8) is 0 Å². The smallest absolute Gasteiger partial charge is 0.396 e. The SMILES string of the molecule is NCC(CCCCCCCCCCCCCCO)OS(=O)(=O)O. The van der Waals surface area contributed by atoms with Crippen molar-refractivity contribution in [3.8, 4) is 0 Å². The second-order valence-corrected chi connectivity index (χ2v) is 7.18. The molecule has 0 rings (SSSR count). The van der Waals surface area contributed by atoms with Crippen molar-refractivity contribution in [1.82, 2.24) is 0 Å². The Bertz CT molecular complexity index is 348. The molecule has 0 radical (unpaired) electrons. The largest absolute Gasteiger partial charge is 0.397 e. The molecule has 0 heterocycles. The first-order valence-corrected chi connectivity index (χ1v) is 10.3. The Balaban J connectivity index is 3.29. The van der Waals surface area contributed by atoms with Gasteiger partial charge in [-0.3, -0.25) is 4.55 Å².